The van der Waals surface area contributed by atoms with Crippen molar-refractivity contribution in [2.75, 3.05) is 18.9 Å². The summed E-state index contributed by atoms with van der Waals surface area (Å²) in [5, 5.41) is 9.85. The van der Waals surface area contributed by atoms with Crippen molar-refractivity contribution >= 4 is 11.7 Å². The Balaban J connectivity index is 1.74. The zero-order valence-corrected chi connectivity index (χ0v) is 15.1. The second-order valence-corrected chi connectivity index (χ2v) is 7.01. The van der Waals surface area contributed by atoms with Crippen LogP contribution >= 0.6 is 0 Å². The van der Waals surface area contributed by atoms with E-state index in [1.165, 1.54) is 12.8 Å². The van der Waals surface area contributed by atoms with E-state index < -0.39 is 0 Å². The van der Waals surface area contributed by atoms with Crippen molar-refractivity contribution in [3.05, 3.63) is 40.2 Å². The number of anilines is 1. The van der Waals surface area contributed by atoms with Crippen molar-refractivity contribution in [2.24, 2.45) is 11.8 Å². The molecule has 1 saturated carbocycles. The van der Waals surface area contributed by atoms with E-state index in [-0.39, 0.29) is 17.6 Å². The van der Waals surface area contributed by atoms with E-state index in [1.807, 2.05) is 11.8 Å². The average Bonchev–Trinajstić information content (AvgIpc) is 3.31. The van der Waals surface area contributed by atoms with Crippen LogP contribution in [0.3, 0.4) is 0 Å². The molecule has 8 nitrogen and oxygen atoms in total. The normalized spacial score (nSPS) is 22.6. The molecule has 8 heteroatoms. The quantitative estimate of drug-likeness (QED) is 0.849. The highest BCUT2D eigenvalue weighted by Gasteiger charge is 2.47. The molecule has 0 aromatic carbocycles. The number of nitrogens with one attached hydrogen (secondary N) is 2. The summed E-state index contributed by atoms with van der Waals surface area (Å²) >= 11 is 0. The predicted molar refractivity (Wildman–Crippen MR) is 96.9 cm³/mol. The van der Waals surface area contributed by atoms with E-state index in [0.29, 0.717) is 42.1 Å². The number of H-pyrrole nitrogens is 1. The molecule has 2 unspecified atom stereocenters. The van der Waals surface area contributed by atoms with E-state index in [4.69, 9.17) is 0 Å². The number of carbonyl (C=O) groups excluding carboxylic acids is 1. The maximum atomic E-state index is 13.3. The van der Waals surface area contributed by atoms with E-state index >= 15 is 0 Å². The summed E-state index contributed by atoms with van der Waals surface area (Å²) in [5.74, 6) is 2.16. The summed E-state index contributed by atoms with van der Waals surface area (Å²) in [4.78, 5) is 31.5. The lowest BCUT2D eigenvalue weighted by molar-refractivity contribution is 0.0701. The molecule has 2 aromatic rings. The van der Waals surface area contributed by atoms with Crippen LogP contribution in [0.15, 0.2) is 23.1 Å². The van der Waals surface area contributed by atoms with E-state index in [1.54, 1.807) is 29.9 Å². The minimum absolute atomic E-state index is 0.0614. The first-order valence-corrected chi connectivity index (χ1v) is 9.24. The summed E-state index contributed by atoms with van der Waals surface area (Å²) in [7, 11) is 1.76. The first kappa shape index (κ1) is 16.8. The van der Waals surface area contributed by atoms with Gasteiger partial charge < -0.3 is 10.2 Å². The number of nitrogens with zero attached hydrogens (tertiary/aromatic N) is 4. The van der Waals surface area contributed by atoms with Gasteiger partial charge in [-0.1, -0.05) is 0 Å². The Kier molecular flexibility index (Phi) is 4.26. The SMILES string of the molecule is CCn1c(C2C(C3CC3)CCN2C(=O)c2cccnc2NC)n[nH]c1=O. The molecule has 1 saturated heterocycles. The van der Waals surface area contributed by atoms with Gasteiger partial charge in [-0.05, 0) is 50.2 Å². The number of carbonyl (C=O) groups is 1. The second-order valence-electron chi connectivity index (χ2n) is 7.01. The Morgan fingerprint density at radius 2 is 2.19 bits per heavy atom. The number of aromatic nitrogens is 4. The van der Waals surface area contributed by atoms with Gasteiger partial charge in [0.25, 0.3) is 5.91 Å². The molecular weight excluding hydrogens is 332 g/mol. The molecule has 3 heterocycles. The monoisotopic (exact) mass is 356 g/mol. The second kappa shape index (κ2) is 6.59. The van der Waals surface area contributed by atoms with Crippen LogP contribution in [0, 0.1) is 11.8 Å². The molecule has 0 bridgehead atoms. The van der Waals surface area contributed by atoms with Crippen LogP contribution in [-0.2, 0) is 6.54 Å². The number of hydrogen-bond donors (Lipinski definition) is 2. The average molecular weight is 356 g/mol. The van der Waals surface area contributed by atoms with Gasteiger partial charge in [-0.25, -0.2) is 14.9 Å². The molecule has 4 rings (SSSR count). The Bertz CT molecular complexity index is 869. The van der Waals surface area contributed by atoms with Gasteiger partial charge in [0.1, 0.15) is 5.82 Å². The molecule has 0 radical (unpaired) electrons. The van der Waals surface area contributed by atoms with Crippen LogP contribution in [-0.4, -0.2) is 44.1 Å². The van der Waals surface area contributed by atoms with Gasteiger partial charge in [0.05, 0.1) is 11.6 Å². The van der Waals surface area contributed by atoms with Gasteiger partial charge in [-0.15, -0.1) is 0 Å². The molecule has 2 atom stereocenters. The van der Waals surface area contributed by atoms with Crippen LogP contribution in [0.2, 0.25) is 0 Å². The van der Waals surface area contributed by atoms with Crippen molar-refractivity contribution in [3.63, 3.8) is 0 Å². The molecule has 2 aromatic heterocycles. The lowest BCUT2D eigenvalue weighted by Gasteiger charge is -2.28. The topological polar surface area (TPSA) is 95.9 Å². The molecule has 1 aliphatic heterocycles. The highest BCUT2D eigenvalue weighted by atomic mass is 16.2. The first-order valence-electron chi connectivity index (χ1n) is 9.24. The van der Waals surface area contributed by atoms with Crippen molar-refractivity contribution in [1.82, 2.24) is 24.6 Å². The highest BCUT2D eigenvalue weighted by Crippen LogP contribution is 2.50. The van der Waals surface area contributed by atoms with Gasteiger partial charge in [0.15, 0.2) is 5.82 Å². The molecule has 1 amide bonds. The van der Waals surface area contributed by atoms with Gasteiger partial charge >= 0.3 is 5.69 Å². The summed E-state index contributed by atoms with van der Waals surface area (Å²) in [6.45, 7) is 3.14. The maximum absolute atomic E-state index is 13.3. The third-order valence-electron chi connectivity index (χ3n) is 5.58. The Morgan fingerprint density at radius 1 is 1.38 bits per heavy atom. The molecule has 26 heavy (non-hydrogen) atoms. The van der Waals surface area contributed by atoms with Crippen molar-refractivity contribution in [1.29, 1.82) is 0 Å². The third-order valence-corrected chi connectivity index (χ3v) is 5.58. The van der Waals surface area contributed by atoms with Gasteiger partial charge in [0.2, 0.25) is 0 Å². The van der Waals surface area contributed by atoms with Crippen molar-refractivity contribution < 1.29 is 4.79 Å². The minimum atomic E-state index is -0.214. The largest absolute Gasteiger partial charge is 0.372 e. The lowest BCUT2D eigenvalue weighted by Crippen LogP contribution is -2.35. The van der Waals surface area contributed by atoms with Crippen molar-refractivity contribution in [3.8, 4) is 0 Å². The van der Waals surface area contributed by atoms with Crippen LogP contribution in [0.4, 0.5) is 5.82 Å². The Hall–Kier alpha value is -2.64. The standard InChI is InChI=1S/C18H24N6O2/c1-3-23-16(21-22-18(23)26)14-12(11-6-7-11)8-10-24(14)17(25)13-5-4-9-20-15(13)19-2/h4-5,9,11-12,14H,3,6-8,10H2,1-2H3,(H,19,20)(H,22,26). The number of hydrogen-bond acceptors (Lipinski definition) is 5. The molecule has 138 valence electrons. The fraction of sp³-hybridized carbons (Fsp3) is 0.556. The fourth-order valence-electron chi connectivity index (χ4n) is 4.19. The number of rotatable bonds is 5. The van der Waals surface area contributed by atoms with Crippen molar-refractivity contribution in [2.45, 2.75) is 38.8 Å². The number of pyridine rings is 1. The maximum Gasteiger partial charge on any atom is 0.343 e. The van der Waals surface area contributed by atoms with Gasteiger partial charge in [-0.2, -0.15) is 5.10 Å². The van der Waals surface area contributed by atoms with E-state index in [9.17, 15) is 9.59 Å². The summed E-state index contributed by atoms with van der Waals surface area (Å²) < 4.78 is 1.65. The van der Waals surface area contributed by atoms with Crippen LogP contribution in [0.1, 0.15) is 48.4 Å². The Morgan fingerprint density at radius 3 is 2.88 bits per heavy atom. The van der Waals surface area contributed by atoms with E-state index in [0.717, 1.165) is 6.42 Å². The highest BCUT2D eigenvalue weighted by molar-refractivity contribution is 5.99. The summed E-state index contributed by atoms with van der Waals surface area (Å²) in [6.07, 6.45) is 5.00. The number of amides is 1. The first-order chi connectivity index (χ1) is 12.7. The number of aromatic amines is 1. The van der Waals surface area contributed by atoms with Crippen LogP contribution in [0.5, 0.6) is 0 Å². The zero-order chi connectivity index (χ0) is 18.3. The molecular formula is C18H24N6O2. The fourth-order valence-corrected chi connectivity index (χ4v) is 4.19. The Labute approximate surface area is 151 Å². The molecule has 1 aliphatic carbocycles. The van der Waals surface area contributed by atoms with Crippen LogP contribution < -0.4 is 11.0 Å². The summed E-state index contributed by atoms with van der Waals surface area (Å²) in [6, 6.07) is 3.40. The van der Waals surface area contributed by atoms with Crippen LogP contribution in [0.25, 0.3) is 0 Å². The van der Waals surface area contributed by atoms with E-state index in [2.05, 4.69) is 20.5 Å². The number of likely N-dealkylation sites (tertiary alicyclic amines) is 1. The van der Waals surface area contributed by atoms with Gasteiger partial charge in [-0.3, -0.25) is 9.36 Å². The minimum Gasteiger partial charge on any atom is -0.372 e. The lowest BCUT2D eigenvalue weighted by atomic mass is 9.94. The third kappa shape index (κ3) is 2.69. The summed E-state index contributed by atoms with van der Waals surface area (Å²) in [5.41, 5.74) is 0.339. The molecule has 2 fully saturated rings. The molecule has 2 aliphatic rings. The molecule has 2 N–H and O–H groups in total. The van der Waals surface area contributed by atoms with Gasteiger partial charge in [0, 0.05) is 26.3 Å². The predicted octanol–water partition coefficient (Wildman–Crippen LogP) is 1.64. The zero-order valence-electron chi connectivity index (χ0n) is 15.1. The molecule has 0 spiro atoms. The smallest absolute Gasteiger partial charge is 0.343 e.